The van der Waals surface area contributed by atoms with Gasteiger partial charge in [-0.15, -0.1) is 0 Å². The van der Waals surface area contributed by atoms with E-state index >= 15 is 0 Å². The highest BCUT2D eigenvalue weighted by Crippen LogP contribution is 2.55. The number of para-hydroxylation sites is 2. The van der Waals surface area contributed by atoms with E-state index in [2.05, 4.69) is 165 Å². The second-order valence-corrected chi connectivity index (χ2v) is 14.4. The SMILES string of the molecule is CC1(C)c2ccccc2-c2cccc(-c3nc4ccccc4nc3C3c4ccc(C5=CC(C6=CC=CC=CC6)N=C(c6ccccc6)N5)cc43)c21. The number of hydrogen-bond acceptors (Lipinski definition) is 4. The van der Waals surface area contributed by atoms with Crippen LogP contribution in [-0.4, -0.2) is 21.8 Å². The molecule has 244 valence electrons. The maximum Gasteiger partial charge on any atom is 0.133 e. The fourth-order valence-electron chi connectivity index (χ4n) is 8.38. The van der Waals surface area contributed by atoms with E-state index in [1.165, 1.54) is 44.5 Å². The molecule has 51 heavy (non-hydrogen) atoms. The lowest BCUT2D eigenvalue weighted by Crippen LogP contribution is -2.30. The van der Waals surface area contributed by atoms with Gasteiger partial charge in [-0.2, -0.15) is 0 Å². The lowest BCUT2D eigenvalue weighted by Gasteiger charge is -2.25. The summed E-state index contributed by atoms with van der Waals surface area (Å²) in [6.07, 6.45) is 13.9. The number of allylic oxidation sites excluding steroid dienone is 5. The Morgan fingerprint density at radius 3 is 2.31 bits per heavy atom. The quantitative estimate of drug-likeness (QED) is 0.201. The van der Waals surface area contributed by atoms with Crippen LogP contribution in [0.4, 0.5) is 0 Å². The van der Waals surface area contributed by atoms with Gasteiger partial charge >= 0.3 is 0 Å². The first-order chi connectivity index (χ1) is 25.0. The molecule has 4 aliphatic rings. The van der Waals surface area contributed by atoms with Crippen LogP contribution >= 0.6 is 0 Å². The standard InChI is InChI=1S/C47H36N4/c1-47(2)37-22-11-10-19-32(37)34-20-14-21-35(43(34)47)44-45(49-39-24-13-12-23-38(39)48-44)42-33-26-25-31(27-36(33)42)41-28-40(29-15-6-3-4-7-16-29)50-46(51-41)30-17-8-5-9-18-30/h3-15,17-28,40,42H,16H2,1-2H3,(H,50,51). The number of amidine groups is 1. The summed E-state index contributed by atoms with van der Waals surface area (Å²) in [6.45, 7) is 4.69. The molecule has 0 fully saturated rings. The molecule has 4 nitrogen and oxygen atoms in total. The first kappa shape index (κ1) is 29.8. The Morgan fingerprint density at radius 2 is 1.43 bits per heavy atom. The molecule has 1 aromatic heterocycles. The maximum atomic E-state index is 5.40. The van der Waals surface area contributed by atoms with Gasteiger partial charge in [-0.05, 0) is 75.2 Å². The van der Waals surface area contributed by atoms with E-state index in [0.717, 1.165) is 51.5 Å². The fourth-order valence-corrected chi connectivity index (χ4v) is 8.38. The molecule has 1 aliphatic heterocycles. The van der Waals surface area contributed by atoms with Crippen LogP contribution in [0.15, 0.2) is 162 Å². The Hall–Kier alpha value is -6.13. The van der Waals surface area contributed by atoms with E-state index in [4.69, 9.17) is 15.0 Å². The molecule has 3 aliphatic carbocycles. The Morgan fingerprint density at radius 1 is 0.667 bits per heavy atom. The first-order valence-electron chi connectivity index (χ1n) is 17.8. The minimum Gasteiger partial charge on any atom is -0.340 e. The number of nitrogens with one attached hydrogen (secondary N) is 1. The van der Waals surface area contributed by atoms with Gasteiger partial charge in [-0.1, -0.05) is 141 Å². The normalized spacial score (nSPS) is 19.2. The van der Waals surface area contributed by atoms with Crippen molar-refractivity contribution in [1.29, 1.82) is 0 Å². The van der Waals surface area contributed by atoms with Gasteiger partial charge in [-0.3, -0.25) is 4.99 Å². The summed E-state index contributed by atoms with van der Waals surface area (Å²) in [5.41, 5.74) is 17.3. The predicted molar refractivity (Wildman–Crippen MR) is 209 cm³/mol. The fraction of sp³-hybridized carbons (Fsp3) is 0.128. The third kappa shape index (κ3) is 4.85. The molecule has 0 radical (unpaired) electrons. The summed E-state index contributed by atoms with van der Waals surface area (Å²) in [6, 6.07) is 41.0. The summed E-state index contributed by atoms with van der Waals surface area (Å²) in [5.74, 6) is 0.970. The molecule has 0 spiro atoms. The van der Waals surface area contributed by atoms with Gasteiger partial charge in [0.2, 0.25) is 0 Å². The zero-order chi connectivity index (χ0) is 34.1. The molecule has 2 unspecified atom stereocenters. The second-order valence-electron chi connectivity index (χ2n) is 14.4. The molecule has 0 saturated heterocycles. The number of rotatable bonds is 5. The smallest absolute Gasteiger partial charge is 0.133 e. The van der Waals surface area contributed by atoms with Gasteiger partial charge in [-0.25, -0.2) is 9.97 Å². The molecular weight excluding hydrogens is 621 g/mol. The highest BCUT2D eigenvalue weighted by atomic mass is 15.0. The molecule has 6 aromatic rings. The topological polar surface area (TPSA) is 50.2 Å². The Kier molecular flexibility index (Phi) is 6.69. The van der Waals surface area contributed by atoms with Crippen molar-refractivity contribution in [1.82, 2.24) is 15.3 Å². The van der Waals surface area contributed by atoms with Crippen LogP contribution in [0.1, 0.15) is 65.3 Å². The molecule has 5 aromatic carbocycles. The maximum absolute atomic E-state index is 5.40. The number of hydrogen-bond donors (Lipinski definition) is 1. The average molecular weight is 657 g/mol. The summed E-state index contributed by atoms with van der Waals surface area (Å²) in [7, 11) is 0. The van der Waals surface area contributed by atoms with Crippen LogP contribution in [0.3, 0.4) is 0 Å². The van der Waals surface area contributed by atoms with E-state index in [-0.39, 0.29) is 17.4 Å². The number of fused-ring (bicyclic) bond motifs is 5. The van der Waals surface area contributed by atoms with E-state index in [0.29, 0.717) is 0 Å². The monoisotopic (exact) mass is 656 g/mol. The number of benzene rings is 5. The zero-order valence-corrected chi connectivity index (χ0v) is 28.6. The van der Waals surface area contributed by atoms with Crippen molar-refractivity contribution in [3.63, 3.8) is 0 Å². The summed E-state index contributed by atoms with van der Waals surface area (Å²) in [5, 5.41) is 3.70. The van der Waals surface area contributed by atoms with Gasteiger partial charge in [0.1, 0.15) is 5.84 Å². The number of aliphatic imine (C=N–C) groups is 1. The highest BCUT2D eigenvalue weighted by Gasteiger charge is 2.42. The van der Waals surface area contributed by atoms with Gasteiger partial charge in [0.05, 0.1) is 34.4 Å². The minimum atomic E-state index is -0.164. The van der Waals surface area contributed by atoms with Crippen LogP contribution in [-0.2, 0) is 5.41 Å². The lowest BCUT2D eigenvalue weighted by atomic mass is 9.79. The Balaban J connectivity index is 1.08. The first-order valence-corrected chi connectivity index (χ1v) is 17.8. The lowest BCUT2D eigenvalue weighted by molar-refractivity contribution is 0.661. The molecule has 0 saturated carbocycles. The van der Waals surface area contributed by atoms with Crippen molar-refractivity contribution in [2.75, 3.05) is 0 Å². The van der Waals surface area contributed by atoms with E-state index in [1.54, 1.807) is 0 Å². The third-order valence-electron chi connectivity index (χ3n) is 10.9. The summed E-state index contributed by atoms with van der Waals surface area (Å²) >= 11 is 0. The largest absolute Gasteiger partial charge is 0.340 e. The van der Waals surface area contributed by atoms with Crippen LogP contribution in [0.25, 0.3) is 39.1 Å². The van der Waals surface area contributed by atoms with E-state index in [1.807, 2.05) is 6.07 Å². The van der Waals surface area contributed by atoms with Crippen molar-refractivity contribution in [3.05, 3.63) is 196 Å². The van der Waals surface area contributed by atoms with Crippen LogP contribution in [0.2, 0.25) is 0 Å². The molecule has 2 heterocycles. The van der Waals surface area contributed by atoms with Crippen molar-refractivity contribution in [2.45, 2.75) is 37.6 Å². The van der Waals surface area contributed by atoms with Gasteiger partial charge < -0.3 is 5.32 Å². The van der Waals surface area contributed by atoms with Gasteiger partial charge in [0.15, 0.2) is 0 Å². The zero-order valence-electron chi connectivity index (χ0n) is 28.6. The van der Waals surface area contributed by atoms with E-state index in [9.17, 15) is 0 Å². The minimum absolute atomic E-state index is 0.0610. The highest BCUT2D eigenvalue weighted by molar-refractivity contribution is 6.05. The summed E-state index contributed by atoms with van der Waals surface area (Å²) < 4.78 is 0. The molecule has 10 rings (SSSR count). The molecule has 0 bridgehead atoms. The Labute approximate surface area is 298 Å². The van der Waals surface area contributed by atoms with Crippen molar-refractivity contribution >= 4 is 22.6 Å². The molecular formula is C47H36N4. The Bertz CT molecular complexity index is 2570. The second kappa shape index (κ2) is 11.5. The number of nitrogens with zero attached hydrogens (tertiary/aromatic N) is 3. The van der Waals surface area contributed by atoms with Crippen LogP contribution in [0, 0.1) is 0 Å². The van der Waals surface area contributed by atoms with Gasteiger partial charge in [0, 0.05) is 22.2 Å². The number of aromatic nitrogens is 2. The molecule has 2 atom stereocenters. The predicted octanol–water partition coefficient (Wildman–Crippen LogP) is 10.3. The average Bonchev–Trinajstić information content (AvgIpc) is 3.92. The van der Waals surface area contributed by atoms with Gasteiger partial charge in [0.25, 0.3) is 0 Å². The third-order valence-corrected chi connectivity index (χ3v) is 10.9. The van der Waals surface area contributed by atoms with Crippen molar-refractivity contribution < 1.29 is 0 Å². The molecule has 1 N–H and O–H groups in total. The molecule has 0 amide bonds. The van der Waals surface area contributed by atoms with Crippen LogP contribution < -0.4 is 5.32 Å². The molecule has 4 heteroatoms. The van der Waals surface area contributed by atoms with Crippen molar-refractivity contribution in [2.24, 2.45) is 4.99 Å². The van der Waals surface area contributed by atoms with Crippen LogP contribution in [0.5, 0.6) is 0 Å². The van der Waals surface area contributed by atoms with Crippen molar-refractivity contribution in [3.8, 4) is 22.4 Å². The summed E-state index contributed by atoms with van der Waals surface area (Å²) in [4.78, 5) is 16.0. The van der Waals surface area contributed by atoms with E-state index < -0.39 is 0 Å².